The molecule has 0 radical (unpaired) electrons. The number of para-hydroxylation sites is 1. The van der Waals surface area contributed by atoms with E-state index in [-0.39, 0.29) is 0 Å². The van der Waals surface area contributed by atoms with Crippen molar-refractivity contribution in [2.75, 3.05) is 0 Å². The van der Waals surface area contributed by atoms with Crippen LogP contribution < -0.4 is 20.7 Å². The lowest BCUT2D eigenvalue weighted by Crippen LogP contribution is -2.74. The monoisotopic (exact) mass is 818 g/mol. The Hall–Kier alpha value is -7.98. The molecule has 0 aliphatic rings. The van der Waals surface area contributed by atoms with Crippen molar-refractivity contribution in [3.63, 3.8) is 0 Å². The van der Waals surface area contributed by atoms with E-state index in [0.717, 1.165) is 11.4 Å². The first-order valence-corrected chi connectivity index (χ1v) is 23.8. The molecule has 0 saturated carbocycles. The molecule has 12 rings (SSSR count). The molecule has 2 heterocycles. The van der Waals surface area contributed by atoms with Crippen LogP contribution in [0.3, 0.4) is 0 Å². The van der Waals surface area contributed by atoms with E-state index in [1.54, 1.807) is 0 Å². The number of benzene rings is 10. The molecule has 10 aromatic carbocycles. The van der Waals surface area contributed by atoms with Crippen molar-refractivity contribution in [3.8, 4) is 33.6 Å². The lowest BCUT2D eigenvalue weighted by atomic mass is 9.99. The molecule has 0 spiro atoms. The highest BCUT2D eigenvalue weighted by Crippen LogP contribution is 2.41. The van der Waals surface area contributed by atoms with Crippen LogP contribution in [-0.4, -0.2) is 17.2 Å². The Bertz CT molecular complexity index is 3480. The molecule has 0 saturated heterocycles. The van der Waals surface area contributed by atoms with Crippen LogP contribution in [0.5, 0.6) is 0 Å². The standard InChI is InChI=1S/C60H42N2Si/c1-6-19-43(20-7-1)44-33-35-46(36-34-44)61-58-32-18-30-52(45-21-8-2-9-22-45)60(58)54-39-37-47(41-59(54)61)62-56-31-17-16-29-53(56)55-42-51(38-40-57(55)62)63(48-23-10-3-11-24-48,49-25-12-4-13-26-49)50-27-14-5-15-28-50/h1-42H. The van der Waals surface area contributed by atoms with Gasteiger partial charge in [-0.15, -0.1) is 0 Å². The quantitative estimate of drug-likeness (QED) is 0.107. The van der Waals surface area contributed by atoms with Gasteiger partial charge in [-0.2, -0.15) is 0 Å². The van der Waals surface area contributed by atoms with Gasteiger partial charge in [0.05, 0.1) is 22.1 Å². The number of rotatable bonds is 8. The number of aromatic nitrogens is 2. The van der Waals surface area contributed by atoms with Gasteiger partial charge in [-0.05, 0) is 85.5 Å². The van der Waals surface area contributed by atoms with Crippen LogP contribution in [-0.2, 0) is 0 Å². The van der Waals surface area contributed by atoms with Gasteiger partial charge in [0, 0.05) is 32.9 Å². The highest BCUT2D eigenvalue weighted by Gasteiger charge is 2.41. The van der Waals surface area contributed by atoms with E-state index in [1.165, 1.54) is 86.6 Å². The van der Waals surface area contributed by atoms with Crippen LogP contribution in [0.4, 0.5) is 0 Å². The Balaban J connectivity index is 1.11. The molecule has 296 valence electrons. The van der Waals surface area contributed by atoms with Gasteiger partial charge in [0.15, 0.2) is 8.07 Å². The fraction of sp³-hybridized carbons (Fsp3) is 0. The predicted molar refractivity (Wildman–Crippen MR) is 270 cm³/mol. The normalized spacial score (nSPS) is 11.8. The van der Waals surface area contributed by atoms with Crippen molar-refractivity contribution < 1.29 is 0 Å². The Labute approximate surface area is 368 Å². The van der Waals surface area contributed by atoms with Crippen LogP contribution in [0.25, 0.3) is 77.2 Å². The van der Waals surface area contributed by atoms with Crippen molar-refractivity contribution in [2.24, 2.45) is 0 Å². The minimum Gasteiger partial charge on any atom is -0.309 e. The molecule has 2 aromatic heterocycles. The van der Waals surface area contributed by atoms with Crippen molar-refractivity contribution in [2.45, 2.75) is 0 Å². The fourth-order valence-electron chi connectivity index (χ4n) is 10.3. The summed E-state index contributed by atoms with van der Waals surface area (Å²) in [5.74, 6) is 0. The summed E-state index contributed by atoms with van der Waals surface area (Å²) >= 11 is 0. The molecule has 0 atom stereocenters. The average molecular weight is 819 g/mol. The Morgan fingerprint density at radius 3 is 1.38 bits per heavy atom. The van der Waals surface area contributed by atoms with Gasteiger partial charge in [-0.3, -0.25) is 0 Å². The Kier molecular flexibility index (Phi) is 8.87. The van der Waals surface area contributed by atoms with E-state index in [2.05, 4.69) is 264 Å². The Morgan fingerprint density at radius 1 is 0.254 bits per heavy atom. The molecule has 0 amide bonds. The minimum absolute atomic E-state index is 1.13. The maximum absolute atomic E-state index is 2.75. The molecular formula is C60H42N2Si. The SMILES string of the molecule is c1ccc(-c2ccc(-n3c4cc(-n5c6ccccc6c6cc([Si](c7ccccc7)(c7ccccc7)c7ccccc7)ccc65)ccc4c4c(-c5ccccc5)cccc43)cc2)cc1. The van der Waals surface area contributed by atoms with E-state index in [1.807, 2.05) is 0 Å². The summed E-state index contributed by atoms with van der Waals surface area (Å²) in [4.78, 5) is 0. The largest absolute Gasteiger partial charge is 0.309 e. The van der Waals surface area contributed by atoms with Gasteiger partial charge in [-0.1, -0.05) is 212 Å². The summed E-state index contributed by atoms with van der Waals surface area (Å²) in [5, 5.41) is 10.5. The van der Waals surface area contributed by atoms with E-state index in [4.69, 9.17) is 0 Å². The van der Waals surface area contributed by atoms with Crippen molar-refractivity contribution >= 4 is 72.4 Å². The summed E-state index contributed by atoms with van der Waals surface area (Å²) in [6.45, 7) is 0. The van der Waals surface area contributed by atoms with E-state index in [9.17, 15) is 0 Å². The number of fused-ring (bicyclic) bond motifs is 6. The third kappa shape index (κ3) is 5.93. The number of hydrogen-bond acceptors (Lipinski definition) is 0. The van der Waals surface area contributed by atoms with Crippen LogP contribution in [0.1, 0.15) is 0 Å². The van der Waals surface area contributed by atoms with Crippen molar-refractivity contribution in [1.82, 2.24) is 9.13 Å². The highest BCUT2D eigenvalue weighted by atomic mass is 28.3. The molecule has 0 bridgehead atoms. The molecule has 0 aliphatic carbocycles. The van der Waals surface area contributed by atoms with Crippen LogP contribution in [0.2, 0.25) is 0 Å². The molecule has 12 aromatic rings. The highest BCUT2D eigenvalue weighted by molar-refractivity contribution is 7.20. The van der Waals surface area contributed by atoms with E-state index < -0.39 is 8.07 Å². The topological polar surface area (TPSA) is 9.86 Å². The van der Waals surface area contributed by atoms with Gasteiger partial charge >= 0.3 is 0 Å². The first kappa shape index (κ1) is 36.8. The molecular weight excluding hydrogens is 777 g/mol. The predicted octanol–water partition coefficient (Wildman–Crippen LogP) is 12.6. The van der Waals surface area contributed by atoms with E-state index in [0.29, 0.717) is 0 Å². The summed E-state index contributed by atoms with van der Waals surface area (Å²) in [7, 11) is -2.75. The smallest absolute Gasteiger partial charge is 0.179 e. The second-order valence-corrected chi connectivity index (χ2v) is 20.3. The first-order chi connectivity index (χ1) is 31.3. The second-order valence-electron chi connectivity index (χ2n) is 16.4. The molecule has 0 aliphatic heterocycles. The van der Waals surface area contributed by atoms with Crippen molar-refractivity contribution in [1.29, 1.82) is 0 Å². The second kappa shape index (κ2) is 15.2. The zero-order chi connectivity index (χ0) is 41.7. The zero-order valence-corrected chi connectivity index (χ0v) is 35.6. The lowest BCUT2D eigenvalue weighted by Gasteiger charge is -2.34. The fourth-order valence-corrected chi connectivity index (χ4v) is 15.1. The van der Waals surface area contributed by atoms with Gasteiger partial charge in [0.25, 0.3) is 0 Å². The first-order valence-electron chi connectivity index (χ1n) is 21.8. The summed E-state index contributed by atoms with van der Waals surface area (Å²) < 4.78 is 4.93. The van der Waals surface area contributed by atoms with E-state index >= 15 is 0 Å². The summed E-state index contributed by atoms with van der Waals surface area (Å²) in [6, 6.07) is 94.2. The minimum atomic E-state index is -2.75. The van der Waals surface area contributed by atoms with Gasteiger partial charge in [0.1, 0.15) is 0 Å². The number of hydrogen-bond donors (Lipinski definition) is 0. The maximum Gasteiger partial charge on any atom is 0.179 e. The van der Waals surface area contributed by atoms with Gasteiger partial charge in [-0.25, -0.2) is 0 Å². The molecule has 63 heavy (non-hydrogen) atoms. The lowest BCUT2D eigenvalue weighted by molar-refractivity contribution is 1.15. The molecule has 0 unspecified atom stereocenters. The van der Waals surface area contributed by atoms with Gasteiger partial charge in [0.2, 0.25) is 0 Å². The average Bonchev–Trinajstić information content (AvgIpc) is 3.88. The molecule has 2 nitrogen and oxygen atoms in total. The van der Waals surface area contributed by atoms with Crippen LogP contribution >= 0.6 is 0 Å². The maximum atomic E-state index is 2.52. The molecule has 3 heteroatoms. The third-order valence-corrected chi connectivity index (χ3v) is 17.9. The summed E-state index contributed by atoms with van der Waals surface area (Å²) in [6.07, 6.45) is 0. The van der Waals surface area contributed by atoms with Crippen LogP contribution in [0.15, 0.2) is 255 Å². The zero-order valence-electron chi connectivity index (χ0n) is 34.6. The van der Waals surface area contributed by atoms with Gasteiger partial charge < -0.3 is 9.13 Å². The summed E-state index contributed by atoms with van der Waals surface area (Å²) in [5.41, 5.74) is 11.9. The van der Waals surface area contributed by atoms with Crippen molar-refractivity contribution in [3.05, 3.63) is 255 Å². The van der Waals surface area contributed by atoms with Crippen LogP contribution in [0, 0.1) is 0 Å². The number of nitrogens with zero attached hydrogens (tertiary/aromatic N) is 2. The Morgan fingerprint density at radius 2 is 0.746 bits per heavy atom. The molecule has 0 fully saturated rings. The molecule has 0 N–H and O–H groups in total. The third-order valence-electron chi connectivity index (χ3n) is 13.1.